The molecular weight excluding hydrogens is 263 g/mol. The van der Waals surface area contributed by atoms with Crippen molar-refractivity contribution in [2.24, 2.45) is 0 Å². The molecule has 1 aromatic heterocycles. The lowest BCUT2D eigenvalue weighted by Crippen LogP contribution is -1.79. The van der Waals surface area contributed by atoms with Crippen molar-refractivity contribution in [3.05, 3.63) is 46.4 Å². The number of hydrogen-bond acceptors (Lipinski definition) is 2. The predicted molar refractivity (Wildman–Crippen MR) is 57.2 cm³/mol. The van der Waals surface area contributed by atoms with Crippen LogP contribution in [0, 0.1) is 5.82 Å². The third-order valence-corrected chi connectivity index (χ3v) is 2.35. The van der Waals surface area contributed by atoms with Crippen LogP contribution in [-0.2, 0) is 0 Å². The maximum atomic E-state index is 13.1. The quantitative estimate of drug-likeness (QED) is 0.779. The first-order valence-electron chi connectivity index (χ1n) is 4.20. The fourth-order valence-electron chi connectivity index (χ4n) is 1.27. The molecule has 1 aromatic carbocycles. The van der Waals surface area contributed by atoms with Crippen LogP contribution in [0.3, 0.4) is 0 Å². The van der Waals surface area contributed by atoms with E-state index in [2.05, 4.69) is 15.9 Å². The molecule has 0 fully saturated rings. The average molecular weight is 269 g/mol. The summed E-state index contributed by atoms with van der Waals surface area (Å²) in [5, 5.41) is 0. The summed E-state index contributed by atoms with van der Waals surface area (Å²) >= 11 is 3.18. The van der Waals surface area contributed by atoms with E-state index in [9.17, 15) is 9.18 Å². The standard InChI is InChI=1S/C11H6BrFO2/c12-8-3-7(4-9(13)5-8)11-2-1-10(6-14)15-11/h1-6H. The third kappa shape index (κ3) is 2.15. The summed E-state index contributed by atoms with van der Waals surface area (Å²) < 4.78 is 18.9. The van der Waals surface area contributed by atoms with Crippen LogP contribution in [0.25, 0.3) is 11.3 Å². The summed E-state index contributed by atoms with van der Waals surface area (Å²) in [6, 6.07) is 7.59. The van der Waals surface area contributed by atoms with Crippen LogP contribution in [0.1, 0.15) is 10.6 Å². The minimum Gasteiger partial charge on any atom is -0.453 e. The summed E-state index contributed by atoms with van der Waals surface area (Å²) in [6.07, 6.45) is 0.609. The van der Waals surface area contributed by atoms with Crippen LogP contribution >= 0.6 is 15.9 Å². The van der Waals surface area contributed by atoms with Gasteiger partial charge in [-0.1, -0.05) is 15.9 Å². The number of furan rings is 1. The SMILES string of the molecule is O=Cc1ccc(-c2cc(F)cc(Br)c2)o1. The molecule has 0 atom stereocenters. The second-order valence-electron chi connectivity index (χ2n) is 2.98. The van der Waals surface area contributed by atoms with Gasteiger partial charge in [-0.05, 0) is 30.3 Å². The van der Waals surface area contributed by atoms with Crippen molar-refractivity contribution in [2.75, 3.05) is 0 Å². The maximum Gasteiger partial charge on any atom is 0.185 e. The van der Waals surface area contributed by atoms with Crippen molar-refractivity contribution in [3.63, 3.8) is 0 Å². The van der Waals surface area contributed by atoms with Gasteiger partial charge in [0, 0.05) is 10.0 Å². The summed E-state index contributed by atoms with van der Waals surface area (Å²) in [5.41, 5.74) is 0.593. The Kier molecular flexibility index (Phi) is 2.68. The molecule has 0 aliphatic heterocycles. The zero-order valence-electron chi connectivity index (χ0n) is 7.54. The maximum absolute atomic E-state index is 13.1. The zero-order valence-corrected chi connectivity index (χ0v) is 9.12. The molecule has 0 saturated carbocycles. The van der Waals surface area contributed by atoms with E-state index in [-0.39, 0.29) is 11.6 Å². The van der Waals surface area contributed by atoms with Gasteiger partial charge in [0.05, 0.1) is 0 Å². The normalized spacial score (nSPS) is 10.3. The van der Waals surface area contributed by atoms with Crippen molar-refractivity contribution < 1.29 is 13.6 Å². The van der Waals surface area contributed by atoms with E-state index in [4.69, 9.17) is 4.42 Å². The topological polar surface area (TPSA) is 30.2 Å². The minimum absolute atomic E-state index is 0.227. The molecule has 0 aliphatic rings. The number of carbonyl (C=O) groups is 1. The van der Waals surface area contributed by atoms with Crippen LogP contribution in [0.15, 0.2) is 39.2 Å². The van der Waals surface area contributed by atoms with E-state index in [1.165, 1.54) is 12.1 Å². The van der Waals surface area contributed by atoms with E-state index in [1.54, 1.807) is 18.2 Å². The molecule has 0 bridgehead atoms. The van der Waals surface area contributed by atoms with Crippen LogP contribution < -0.4 is 0 Å². The number of hydrogen-bond donors (Lipinski definition) is 0. The first-order chi connectivity index (χ1) is 7.19. The van der Waals surface area contributed by atoms with Crippen molar-refractivity contribution in [2.45, 2.75) is 0 Å². The molecule has 2 nitrogen and oxygen atoms in total. The second-order valence-corrected chi connectivity index (χ2v) is 3.89. The van der Waals surface area contributed by atoms with Crippen LogP contribution in [0.2, 0.25) is 0 Å². The van der Waals surface area contributed by atoms with Gasteiger partial charge in [-0.3, -0.25) is 4.79 Å². The van der Waals surface area contributed by atoms with Crippen molar-refractivity contribution in [1.29, 1.82) is 0 Å². The molecule has 2 aromatic rings. The molecule has 0 radical (unpaired) electrons. The van der Waals surface area contributed by atoms with Gasteiger partial charge in [-0.2, -0.15) is 0 Å². The number of aldehydes is 1. The van der Waals surface area contributed by atoms with Gasteiger partial charge in [0.2, 0.25) is 0 Å². The lowest BCUT2D eigenvalue weighted by molar-refractivity contribution is 0.110. The van der Waals surface area contributed by atoms with Gasteiger partial charge in [0.25, 0.3) is 0 Å². The Hall–Kier alpha value is -1.42. The molecule has 0 aliphatic carbocycles. The Bertz CT molecular complexity index is 485. The molecule has 4 heteroatoms. The molecular formula is C11H6BrFO2. The minimum atomic E-state index is -0.358. The molecule has 15 heavy (non-hydrogen) atoms. The summed E-state index contributed by atoms with van der Waals surface area (Å²) in [6.45, 7) is 0. The van der Waals surface area contributed by atoms with Gasteiger partial charge in [-0.25, -0.2) is 4.39 Å². The van der Waals surface area contributed by atoms with E-state index in [0.29, 0.717) is 22.1 Å². The smallest absolute Gasteiger partial charge is 0.185 e. The van der Waals surface area contributed by atoms with E-state index in [0.717, 1.165) is 0 Å². The Morgan fingerprint density at radius 1 is 1.27 bits per heavy atom. The van der Waals surface area contributed by atoms with Crippen LogP contribution in [-0.4, -0.2) is 6.29 Å². The molecule has 0 N–H and O–H groups in total. The lowest BCUT2D eigenvalue weighted by Gasteiger charge is -1.98. The second kappa shape index (κ2) is 3.98. The number of benzene rings is 1. The monoisotopic (exact) mass is 268 g/mol. The molecule has 2 rings (SSSR count). The zero-order chi connectivity index (χ0) is 10.8. The first-order valence-corrected chi connectivity index (χ1v) is 5.00. The van der Waals surface area contributed by atoms with Crippen molar-refractivity contribution in [1.82, 2.24) is 0 Å². The lowest BCUT2D eigenvalue weighted by atomic mass is 10.2. The Balaban J connectivity index is 2.48. The van der Waals surface area contributed by atoms with Crippen LogP contribution in [0.4, 0.5) is 4.39 Å². The summed E-state index contributed by atoms with van der Waals surface area (Å²) in [5.74, 6) is 0.339. The van der Waals surface area contributed by atoms with Crippen molar-refractivity contribution >= 4 is 22.2 Å². The van der Waals surface area contributed by atoms with Gasteiger partial charge in [0.1, 0.15) is 11.6 Å². The van der Waals surface area contributed by atoms with E-state index < -0.39 is 0 Å². The predicted octanol–water partition coefficient (Wildman–Crippen LogP) is 3.66. The third-order valence-electron chi connectivity index (χ3n) is 1.89. The fraction of sp³-hybridized carbons (Fsp3) is 0. The van der Waals surface area contributed by atoms with Crippen LogP contribution in [0.5, 0.6) is 0 Å². The van der Waals surface area contributed by atoms with E-state index >= 15 is 0 Å². The number of carbonyl (C=O) groups excluding carboxylic acids is 1. The van der Waals surface area contributed by atoms with E-state index in [1.807, 2.05) is 0 Å². The Morgan fingerprint density at radius 3 is 2.67 bits per heavy atom. The van der Waals surface area contributed by atoms with Gasteiger partial charge < -0.3 is 4.42 Å². The Labute approximate surface area is 93.8 Å². The Morgan fingerprint density at radius 2 is 2.07 bits per heavy atom. The fourth-order valence-corrected chi connectivity index (χ4v) is 1.73. The first kappa shape index (κ1) is 10.1. The van der Waals surface area contributed by atoms with Crippen molar-refractivity contribution in [3.8, 4) is 11.3 Å². The largest absolute Gasteiger partial charge is 0.453 e. The highest BCUT2D eigenvalue weighted by Crippen LogP contribution is 2.25. The highest BCUT2D eigenvalue weighted by molar-refractivity contribution is 9.10. The van der Waals surface area contributed by atoms with Gasteiger partial charge in [0.15, 0.2) is 12.0 Å². The molecule has 76 valence electrons. The average Bonchev–Trinajstić information content (AvgIpc) is 2.64. The highest BCUT2D eigenvalue weighted by atomic mass is 79.9. The highest BCUT2D eigenvalue weighted by Gasteiger charge is 2.06. The molecule has 0 saturated heterocycles. The molecule has 0 amide bonds. The van der Waals surface area contributed by atoms with Gasteiger partial charge >= 0.3 is 0 Å². The van der Waals surface area contributed by atoms with Gasteiger partial charge in [-0.15, -0.1) is 0 Å². The molecule has 0 spiro atoms. The molecule has 1 heterocycles. The summed E-state index contributed by atoms with van der Waals surface area (Å²) in [4.78, 5) is 10.4. The number of rotatable bonds is 2. The summed E-state index contributed by atoms with van der Waals surface area (Å²) in [7, 11) is 0. The molecule has 0 unspecified atom stereocenters. The number of halogens is 2.